The second-order valence-electron chi connectivity index (χ2n) is 10.7. The molecule has 6 aromatic carbocycles. The smallest absolute Gasteiger partial charge is 0.114 e. The van der Waals surface area contributed by atoms with E-state index in [-0.39, 0.29) is 0 Å². The highest BCUT2D eigenvalue weighted by Crippen LogP contribution is 2.48. The van der Waals surface area contributed by atoms with Crippen molar-refractivity contribution in [1.29, 1.82) is 0 Å². The molecule has 0 fully saturated rings. The second kappa shape index (κ2) is 9.90. The van der Waals surface area contributed by atoms with Crippen molar-refractivity contribution in [3.05, 3.63) is 151 Å². The molecule has 0 saturated carbocycles. The van der Waals surface area contributed by atoms with Gasteiger partial charge < -0.3 is 4.90 Å². The lowest BCUT2D eigenvalue weighted by Gasteiger charge is -2.33. The minimum atomic E-state index is 0.852. The van der Waals surface area contributed by atoms with E-state index >= 15 is 0 Å². The molecule has 0 atom stereocenters. The molecule has 0 radical (unpaired) electrons. The Balaban J connectivity index is 1.23. The number of nitrogens with zero attached hydrogens (tertiary/aromatic N) is 3. The van der Waals surface area contributed by atoms with Gasteiger partial charge in [0.2, 0.25) is 0 Å². The Kier molecular flexibility index (Phi) is 5.75. The van der Waals surface area contributed by atoms with Crippen molar-refractivity contribution in [2.24, 2.45) is 0 Å². The zero-order valence-corrected chi connectivity index (χ0v) is 23.4. The van der Waals surface area contributed by atoms with E-state index in [1.165, 1.54) is 39.2 Å². The molecule has 0 amide bonds. The molecule has 0 spiro atoms. The summed E-state index contributed by atoms with van der Waals surface area (Å²) in [4.78, 5) is 7.63. The van der Waals surface area contributed by atoms with Crippen LogP contribution in [0.4, 0.5) is 17.1 Å². The molecule has 0 saturated heterocycles. The summed E-state index contributed by atoms with van der Waals surface area (Å²) >= 11 is 0. The van der Waals surface area contributed by atoms with Gasteiger partial charge in [-0.15, -0.1) is 0 Å². The summed E-state index contributed by atoms with van der Waals surface area (Å²) in [6.07, 6.45) is 0.852. The van der Waals surface area contributed by atoms with Crippen molar-refractivity contribution in [2.75, 3.05) is 4.90 Å². The van der Waals surface area contributed by atoms with Crippen LogP contribution in [0.3, 0.4) is 0 Å². The van der Waals surface area contributed by atoms with Crippen LogP contribution < -0.4 is 4.90 Å². The molecular weight excluding hydrogens is 510 g/mol. The van der Waals surface area contributed by atoms with Crippen LogP contribution in [0.5, 0.6) is 0 Å². The first-order chi connectivity index (χ1) is 20.8. The Morgan fingerprint density at radius 1 is 0.476 bits per heavy atom. The number of aryl methyl sites for hydroxylation is 1. The highest BCUT2D eigenvalue weighted by atomic mass is 15.2. The van der Waals surface area contributed by atoms with Crippen LogP contribution in [-0.2, 0) is 6.42 Å². The Labute approximate surface area is 246 Å². The number of fused-ring (bicyclic) bond motifs is 2. The van der Waals surface area contributed by atoms with E-state index in [9.17, 15) is 0 Å². The maximum atomic E-state index is 5.26. The van der Waals surface area contributed by atoms with Crippen LogP contribution in [-0.4, -0.2) is 9.55 Å². The van der Waals surface area contributed by atoms with E-state index < -0.39 is 0 Å². The van der Waals surface area contributed by atoms with Crippen LogP contribution in [0.25, 0.3) is 50.1 Å². The lowest BCUT2D eigenvalue weighted by molar-refractivity contribution is 0.900. The molecule has 0 N–H and O–H groups in total. The first-order valence-electron chi connectivity index (χ1n) is 14.6. The SMILES string of the molecule is CCc1nc2c(-c3ccc(-c4ccc(-c5ccccc5)cc4)cc3)ccc3c2n1-c1ccccc1N3c1ccccc1. The molecule has 1 aliphatic rings. The van der Waals surface area contributed by atoms with Crippen molar-refractivity contribution in [3.63, 3.8) is 0 Å². The maximum absolute atomic E-state index is 5.26. The van der Waals surface area contributed by atoms with Crippen molar-refractivity contribution < 1.29 is 0 Å². The van der Waals surface area contributed by atoms with Crippen LogP contribution in [0, 0.1) is 0 Å². The summed E-state index contributed by atoms with van der Waals surface area (Å²) in [7, 11) is 0. The van der Waals surface area contributed by atoms with E-state index in [4.69, 9.17) is 4.98 Å². The van der Waals surface area contributed by atoms with Gasteiger partial charge >= 0.3 is 0 Å². The molecule has 200 valence electrons. The Hall–Kier alpha value is -5.41. The van der Waals surface area contributed by atoms with E-state index in [0.29, 0.717) is 0 Å². The van der Waals surface area contributed by atoms with Gasteiger partial charge in [-0.25, -0.2) is 4.98 Å². The van der Waals surface area contributed by atoms with E-state index in [1.807, 2.05) is 0 Å². The summed E-state index contributed by atoms with van der Waals surface area (Å²) < 4.78 is 2.37. The van der Waals surface area contributed by atoms with Gasteiger partial charge in [-0.1, -0.05) is 116 Å². The molecule has 0 unspecified atom stereocenters. The highest BCUT2D eigenvalue weighted by Gasteiger charge is 2.29. The first-order valence-corrected chi connectivity index (χ1v) is 14.6. The fourth-order valence-corrected chi connectivity index (χ4v) is 6.28. The van der Waals surface area contributed by atoms with Gasteiger partial charge in [0.15, 0.2) is 0 Å². The minimum Gasteiger partial charge on any atom is -0.306 e. The minimum absolute atomic E-state index is 0.852. The zero-order chi connectivity index (χ0) is 28.0. The fraction of sp³-hybridized carbons (Fsp3) is 0.0513. The average Bonchev–Trinajstić information content (AvgIpc) is 3.47. The van der Waals surface area contributed by atoms with Gasteiger partial charge in [-0.3, -0.25) is 4.57 Å². The number of benzene rings is 6. The summed E-state index contributed by atoms with van der Waals surface area (Å²) in [5.74, 6) is 1.08. The monoisotopic (exact) mass is 539 g/mol. The number of aromatic nitrogens is 2. The number of hydrogen-bond acceptors (Lipinski definition) is 2. The molecule has 3 nitrogen and oxygen atoms in total. The normalized spacial score (nSPS) is 12.0. The van der Waals surface area contributed by atoms with E-state index in [2.05, 4.69) is 162 Å². The standard InChI is InChI=1S/C39H29N3/c1-2-37-40-38-33(31-23-21-30(22-24-31)29-19-17-28(18-20-29)27-11-5-3-6-12-27)25-26-36-39(38)42(37)35-16-10-9-15-34(35)41(36)32-13-7-4-8-14-32/h3-26H,2H2,1H3. The van der Waals surface area contributed by atoms with Crippen molar-refractivity contribution in [1.82, 2.24) is 9.55 Å². The van der Waals surface area contributed by atoms with Crippen molar-refractivity contribution in [2.45, 2.75) is 13.3 Å². The number of rotatable bonds is 5. The lowest BCUT2D eigenvalue weighted by Crippen LogP contribution is -2.19. The Bertz CT molecular complexity index is 2040. The van der Waals surface area contributed by atoms with E-state index in [0.717, 1.165) is 40.2 Å². The molecular formula is C39H29N3. The first kappa shape index (κ1) is 24.4. The molecule has 1 aromatic heterocycles. The highest BCUT2D eigenvalue weighted by molar-refractivity contribution is 6.06. The van der Waals surface area contributed by atoms with Gasteiger partial charge in [0.05, 0.1) is 28.1 Å². The Morgan fingerprint density at radius 2 is 1.00 bits per heavy atom. The molecule has 0 aliphatic carbocycles. The van der Waals surface area contributed by atoms with Crippen LogP contribution >= 0.6 is 0 Å². The Morgan fingerprint density at radius 3 is 1.62 bits per heavy atom. The molecule has 7 aromatic rings. The maximum Gasteiger partial charge on any atom is 0.114 e. The largest absolute Gasteiger partial charge is 0.306 e. The van der Waals surface area contributed by atoms with E-state index in [1.54, 1.807) is 0 Å². The molecule has 8 rings (SSSR count). The van der Waals surface area contributed by atoms with Crippen LogP contribution in [0.15, 0.2) is 146 Å². The fourth-order valence-electron chi connectivity index (χ4n) is 6.28. The number of imidazole rings is 1. The molecule has 0 bridgehead atoms. The summed E-state index contributed by atoms with van der Waals surface area (Å²) in [6, 6.07) is 52.0. The third kappa shape index (κ3) is 3.86. The van der Waals surface area contributed by atoms with Gasteiger partial charge in [0.1, 0.15) is 5.82 Å². The average molecular weight is 540 g/mol. The zero-order valence-electron chi connectivity index (χ0n) is 23.4. The molecule has 42 heavy (non-hydrogen) atoms. The van der Waals surface area contributed by atoms with Crippen LogP contribution in [0.1, 0.15) is 12.7 Å². The third-order valence-electron chi connectivity index (χ3n) is 8.31. The van der Waals surface area contributed by atoms with Gasteiger partial charge in [-0.05, 0) is 64.2 Å². The molecule has 2 heterocycles. The van der Waals surface area contributed by atoms with Crippen LogP contribution in [0.2, 0.25) is 0 Å². The molecule has 3 heteroatoms. The number of anilines is 3. The summed E-state index contributed by atoms with van der Waals surface area (Å²) in [5.41, 5.74) is 14.0. The second-order valence-corrected chi connectivity index (χ2v) is 10.7. The molecule has 1 aliphatic heterocycles. The quantitative estimate of drug-likeness (QED) is 0.217. The third-order valence-corrected chi connectivity index (χ3v) is 8.31. The summed E-state index contributed by atoms with van der Waals surface area (Å²) in [6.45, 7) is 2.19. The van der Waals surface area contributed by atoms with Crippen molar-refractivity contribution >= 4 is 28.1 Å². The topological polar surface area (TPSA) is 21.1 Å². The lowest BCUT2D eigenvalue weighted by atomic mass is 9.97. The number of hydrogen-bond donors (Lipinski definition) is 0. The number of para-hydroxylation sites is 3. The summed E-state index contributed by atoms with van der Waals surface area (Å²) in [5, 5.41) is 0. The predicted molar refractivity (Wildman–Crippen MR) is 175 cm³/mol. The predicted octanol–water partition coefficient (Wildman–Crippen LogP) is 10.4. The van der Waals surface area contributed by atoms with Crippen molar-refractivity contribution in [3.8, 4) is 39.1 Å². The van der Waals surface area contributed by atoms with Gasteiger partial charge in [0, 0.05) is 17.7 Å². The van der Waals surface area contributed by atoms with Gasteiger partial charge in [0.25, 0.3) is 0 Å². The van der Waals surface area contributed by atoms with Gasteiger partial charge in [-0.2, -0.15) is 0 Å².